The van der Waals surface area contributed by atoms with Crippen molar-refractivity contribution in [2.45, 2.75) is 46.7 Å². The topological polar surface area (TPSA) is 89.9 Å². The molecule has 0 aliphatic rings. The van der Waals surface area contributed by atoms with Crippen molar-refractivity contribution in [1.29, 1.82) is 0 Å². The van der Waals surface area contributed by atoms with Gasteiger partial charge in [-0.2, -0.15) is 5.10 Å². The van der Waals surface area contributed by atoms with Gasteiger partial charge in [-0.3, -0.25) is 9.78 Å². The molecule has 0 aliphatic carbocycles. The summed E-state index contributed by atoms with van der Waals surface area (Å²) in [6.07, 6.45) is 2.13. The summed E-state index contributed by atoms with van der Waals surface area (Å²) in [5.74, 6) is -0.922. The molecular weight excluding hydrogens is 498 g/mol. The number of halogens is 2. The molecule has 4 rings (SSSR count). The lowest BCUT2D eigenvalue weighted by Gasteiger charge is -2.39. The molecule has 0 spiro atoms. The zero-order valence-electron chi connectivity index (χ0n) is 22.7. The fourth-order valence-corrected chi connectivity index (χ4v) is 4.58. The molecule has 9 heteroatoms. The summed E-state index contributed by atoms with van der Waals surface area (Å²) in [4.78, 5) is 24.8. The minimum absolute atomic E-state index is 0.0432. The minimum atomic E-state index is -0.631. The van der Waals surface area contributed by atoms with Crippen LogP contribution in [-0.4, -0.2) is 43.6 Å². The molecule has 2 aromatic heterocycles. The van der Waals surface area contributed by atoms with Crippen molar-refractivity contribution in [3.8, 4) is 11.4 Å². The van der Waals surface area contributed by atoms with Crippen LogP contribution in [0.2, 0.25) is 0 Å². The lowest BCUT2D eigenvalue weighted by atomic mass is 9.84. The first-order valence-electron chi connectivity index (χ1n) is 13.0. The molecule has 0 saturated carbocycles. The molecular formula is C30H34F2N6O. The molecule has 0 saturated heterocycles. The van der Waals surface area contributed by atoms with Gasteiger partial charge in [-0.1, -0.05) is 51.1 Å². The Bertz CT molecular complexity index is 1410. The summed E-state index contributed by atoms with van der Waals surface area (Å²) in [6.45, 7) is 8.98. The SMILES string of the molecule is Cc1ccc(C(=O)N(CCCN)[C@@H](c2nc(-c3cc(F)ccc3F)nn2Cc2ccccc2)C(C)(C)C)cn1. The van der Waals surface area contributed by atoms with Gasteiger partial charge in [0.1, 0.15) is 11.6 Å². The van der Waals surface area contributed by atoms with E-state index in [1.54, 1.807) is 27.9 Å². The molecule has 2 aromatic carbocycles. The van der Waals surface area contributed by atoms with E-state index in [0.29, 0.717) is 37.4 Å². The van der Waals surface area contributed by atoms with Crippen molar-refractivity contribution < 1.29 is 13.6 Å². The van der Waals surface area contributed by atoms with E-state index in [9.17, 15) is 13.6 Å². The molecule has 7 nitrogen and oxygen atoms in total. The Balaban J connectivity index is 1.89. The number of hydrogen-bond acceptors (Lipinski definition) is 5. The summed E-state index contributed by atoms with van der Waals surface area (Å²) in [6, 6.07) is 15.8. The van der Waals surface area contributed by atoms with Crippen LogP contribution >= 0.6 is 0 Å². The lowest BCUT2D eigenvalue weighted by Crippen LogP contribution is -2.43. The predicted octanol–water partition coefficient (Wildman–Crippen LogP) is 5.55. The zero-order valence-corrected chi connectivity index (χ0v) is 22.7. The maximum absolute atomic E-state index is 14.8. The third-order valence-corrected chi connectivity index (χ3v) is 6.44. The van der Waals surface area contributed by atoms with Crippen LogP contribution in [-0.2, 0) is 6.54 Å². The van der Waals surface area contributed by atoms with Crippen LogP contribution in [0.15, 0.2) is 66.9 Å². The normalized spacial score (nSPS) is 12.4. The highest BCUT2D eigenvalue weighted by Crippen LogP contribution is 2.39. The summed E-state index contributed by atoms with van der Waals surface area (Å²) in [5.41, 5.74) is 7.50. The summed E-state index contributed by atoms with van der Waals surface area (Å²) in [7, 11) is 0. The largest absolute Gasteiger partial charge is 0.330 e. The third-order valence-electron chi connectivity index (χ3n) is 6.44. The monoisotopic (exact) mass is 532 g/mol. The fraction of sp³-hybridized carbons (Fsp3) is 0.333. The van der Waals surface area contributed by atoms with Gasteiger partial charge >= 0.3 is 0 Å². The van der Waals surface area contributed by atoms with E-state index in [-0.39, 0.29) is 17.3 Å². The molecule has 2 heterocycles. The Morgan fingerprint density at radius 3 is 2.46 bits per heavy atom. The van der Waals surface area contributed by atoms with E-state index in [2.05, 4.69) is 10.1 Å². The first-order valence-corrected chi connectivity index (χ1v) is 13.0. The summed E-state index contributed by atoms with van der Waals surface area (Å²) in [5, 5.41) is 4.64. The standard InChI is InChI=1S/C30H34F2N6O/c1-20-11-12-22(18-34-20)29(39)37(16-8-15-33)26(30(2,3)4)28-35-27(24-17-23(31)13-14-25(24)32)36-38(28)19-21-9-6-5-7-10-21/h5-7,9-14,17-18,26H,8,15-16,19,33H2,1-4H3/t26-/m0/s1. The van der Waals surface area contributed by atoms with Gasteiger partial charge in [0.25, 0.3) is 5.91 Å². The third kappa shape index (κ3) is 6.54. The van der Waals surface area contributed by atoms with Crippen molar-refractivity contribution in [1.82, 2.24) is 24.6 Å². The van der Waals surface area contributed by atoms with Crippen LogP contribution in [0.5, 0.6) is 0 Å². The van der Waals surface area contributed by atoms with Crippen LogP contribution < -0.4 is 5.73 Å². The predicted molar refractivity (Wildman–Crippen MR) is 147 cm³/mol. The second-order valence-electron chi connectivity index (χ2n) is 10.7. The van der Waals surface area contributed by atoms with Gasteiger partial charge in [0.05, 0.1) is 23.7 Å². The molecule has 1 atom stereocenters. The molecule has 0 fully saturated rings. The van der Waals surface area contributed by atoms with Gasteiger partial charge in [0.2, 0.25) is 0 Å². The summed E-state index contributed by atoms with van der Waals surface area (Å²) >= 11 is 0. The van der Waals surface area contributed by atoms with Crippen molar-refractivity contribution >= 4 is 5.91 Å². The number of amides is 1. The number of rotatable bonds is 9. The molecule has 0 aliphatic heterocycles. The number of aromatic nitrogens is 4. The Morgan fingerprint density at radius 2 is 1.82 bits per heavy atom. The fourth-order valence-electron chi connectivity index (χ4n) is 4.58. The number of nitrogens with two attached hydrogens (primary N) is 1. The maximum atomic E-state index is 14.8. The minimum Gasteiger partial charge on any atom is -0.330 e. The molecule has 4 aromatic rings. The molecule has 204 valence electrons. The summed E-state index contributed by atoms with van der Waals surface area (Å²) < 4.78 is 30.6. The number of hydrogen-bond donors (Lipinski definition) is 1. The van der Waals surface area contributed by atoms with Crippen LogP contribution in [0.1, 0.15) is 60.7 Å². The quantitative estimate of drug-likeness (QED) is 0.305. The first-order chi connectivity index (χ1) is 18.6. The number of carbonyl (C=O) groups is 1. The van der Waals surface area contributed by atoms with Crippen LogP contribution in [0.3, 0.4) is 0 Å². The molecule has 2 N–H and O–H groups in total. The number of benzene rings is 2. The molecule has 0 bridgehead atoms. The van der Waals surface area contributed by atoms with Gasteiger partial charge in [0, 0.05) is 18.4 Å². The van der Waals surface area contributed by atoms with Crippen molar-refractivity contribution in [3.63, 3.8) is 0 Å². The highest BCUT2D eigenvalue weighted by molar-refractivity contribution is 5.94. The van der Waals surface area contributed by atoms with Crippen molar-refractivity contribution in [2.75, 3.05) is 13.1 Å². The van der Waals surface area contributed by atoms with E-state index in [1.165, 1.54) is 0 Å². The Morgan fingerprint density at radius 1 is 1.08 bits per heavy atom. The van der Waals surface area contributed by atoms with Crippen molar-refractivity contribution in [2.24, 2.45) is 11.1 Å². The Kier molecular flexibility index (Phi) is 8.50. The molecule has 1 amide bonds. The number of nitrogens with zero attached hydrogens (tertiary/aromatic N) is 5. The number of pyridine rings is 1. The maximum Gasteiger partial charge on any atom is 0.256 e. The zero-order chi connectivity index (χ0) is 28.2. The second-order valence-corrected chi connectivity index (χ2v) is 10.7. The lowest BCUT2D eigenvalue weighted by molar-refractivity contribution is 0.0479. The van der Waals surface area contributed by atoms with Gasteiger partial charge in [-0.15, -0.1) is 0 Å². The van der Waals surface area contributed by atoms with Gasteiger partial charge in [0.15, 0.2) is 11.6 Å². The average molecular weight is 533 g/mol. The molecule has 39 heavy (non-hydrogen) atoms. The first kappa shape index (κ1) is 28.0. The van der Waals surface area contributed by atoms with E-state index < -0.39 is 23.1 Å². The van der Waals surface area contributed by atoms with Crippen LogP contribution in [0.25, 0.3) is 11.4 Å². The Labute approximate surface area is 227 Å². The second kappa shape index (κ2) is 11.8. The van der Waals surface area contributed by atoms with Gasteiger partial charge in [-0.25, -0.2) is 18.4 Å². The number of carbonyl (C=O) groups excluding carboxylic acids is 1. The molecule has 0 radical (unpaired) electrons. The smallest absolute Gasteiger partial charge is 0.256 e. The van der Waals surface area contributed by atoms with Crippen molar-refractivity contribution in [3.05, 3.63) is 101 Å². The molecule has 0 unspecified atom stereocenters. The van der Waals surface area contributed by atoms with E-state index in [1.807, 2.05) is 58.0 Å². The highest BCUT2D eigenvalue weighted by Gasteiger charge is 2.39. The van der Waals surface area contributed by atoms with E-state index in [4.69, 9.17) is 10.7 Å². The van der Waals surface area contributed by atoms with Gasteiger partial charge in [-0.05, 0) is 61.2 Å². The number of aryl methyl sites for hydroxylation is 1. The highest BCUT2D eigenvalue weighted by atomic mass is 19.1. The average Bonchev–Trinajstić information content (AvgIpc) is 3.30. The van der Waals surface area contributed by atoms with Gasteiger partial charge < -0.3 is 10.6 Å². The van der Waals surface area contributed by atoms with E-state index in [0.717, 1.165) is 29.5 Å². The van der Waals surface area contributed by atoms with Crippen LogP contribution in [0.4, 0.5) is 8.78 Å². The Hall–Kier alpha value is -3.98. The van der Waals surface area contributed by atoms with Crippen LogP contribution in [0, 0.1) is 24.0 Å². The van der Waals surface area contributed by atoms with E-state index >= 15 is 0 Å².